The van der Waals surface area contributed by atoms with Gasteiger partial charge in [-0.2, -0.15) is 0 Å². The third-order valence-electron chi connectivity index (χ3n) is 4.12. The lowest BCUT2D eigenvalue weighted by Gasteiger charge is -2.12. The summed E-state index contributed by atoms with van der Waals surface area (Å²) >= 11 is 0.823. The van der Waals surface area contributed by atoms with Crippen molar-refractivity contribution in [2.75, 3.05) is 0 Å². The van der Waals surface area contributed by atoms with E-state index in [9.17, 15) is 14.0 Å². The second-order valence-electron chi connectivity index (χ2n) is 5.93. The van der Waals surface area contributed by atoms with Crippen LogP contribution in [0.3, 0.4) is 0 Å². The van der Waals surface area contributed by atoms with Crippen molar-refractivity contribution in [2.24, 2.45) is 0 Å². The van der Waals surface area contributed by atoms with Gasteiger partial charge in [-0.05, 0) is 30.0 Å². The Hall–Kier alpha value is -3.12. The third kappa shape index (κ3) is 3.57. The van der Waals surface area contributed by atoms with Gasteiger partial charge in [0.15, 0.2) is 0 Å². The summed E-state index contributed by atoms with van der Waals surface area (Å²) in [7, 11) is 0. The van der Waals surface area contributed by atoms with Gasteiger partial charge in [0.25, 0.3) is 11.1 Å². The molecule has 0 aliphatic carbocycles. The number of nitrogens with zero attached hydrogens (tertiary/aromatic N) is 1. The molecule has 0 radical (unpaired) electrons. The lowest BCUT2D eigenvalue weighted by Crippen LogP contribution is -2.27. The highest BCUT2D eigenvalue weighted by Crippen LogP contribution is 2.34. The van der Waals surface area contributed by atoms with E-state index in [1.165, 1.54) is 6.07 Å². The topological polar surface area (TPSA) is 50.5 Å². The van der Waals surface area contributed by atoms with Crippen molar-refractivity contribution in [1.82, 2.24) is 4.90 Å². The average molecular weight is 379 g/mol. The number of furan rings is 1. The molecule has 134 valence electrons. The number of hydrogen-bond acceptors (Lipinski definition) is 4. The Morgan fingerprint density at radius 2 is 1.70 bits per heavy atom. The Balaban J connectivity index is 1.55. The zero-order valence-corrected chi connectivity index (χ0v) is 14.9. The summed E-state index contributed by atoms with van der Waals surface area (Å²) in [6, 6.07) is 19.2. The van der Waals surface area contributed by atoms with Gasteiger partial charge < -0.3 is 4.42 Å². The Bertz CT molecular complexity index is 1040. The molecule has 1 saturated heterocycles. The number of thioether (sulfide) groups is 1. The van der Waals surface area contributed by atoms with Gasteiger partial charge in [0.05, 0.1) is 11.4 Å². The fourth-order valence-corrected chi connectivity index (χ4v) is 3.57. The van der Waals surface area contributed by atoms with E-state index in [1.807, 2.05) is 36.4 Å². The molecule has 1 aromatic heterocycles. The van der Waals surface area contributed by atoms with Gasteiger partial charge >= 0.3 is 0 Å². The molecule has 1 aliphatic rings. The molecule has 0 unspecified atom stereocenters. The van der Waals surface area contributed by atoms with Crippen molar-refractivity contribution in [1.29, 1.82) is 0 Å². The molecule has 4 rings (SSSR count). The SMILES string of the molecule is O=C1S/C(=C\c2ccc(-c3ccccc3)o2)C(=O)N1Cc1ccccc1F. The van der Waals surface area contributed by atoms with E-state index in [0.717, 1.165) is 22.2 Å². The van der Waals surface area contributed by atoms with Gasteiger partial charge in [-0.25, -0.2) is 4.39 Å². The summed E-state index contributed by atoms with van der Waals surface area (Å²) in [6.07, 6.45) is 1.54. The van der Waals surface area contributed by atoms with Crippen LogP contribution in [0.15, 0.2) is 76.1 Å². The first kappa shape index (κ1) is 17.3. The van der Waals surface area contributed by atoms with Crippen LogP contribution in [0.5, 0.6) is 0 Å². The smallest absolute Gasteiger partial charge is 0.293 e. The molecule has 0 N–H and O–H groups in total. The van der Waals surface area contributed by atoms with Crippen LogP contribution in [0, 0.1) is 5.82 Å². The van der Waals surface area contributed by atoms with E-state index in [4.69, 9.17) is 4.42 Å². The molecule has 0 saturated carbocycles. The second kappa shape index (κ2) is 7.25. The van der Waals surface area contributed by atoms with Gasteiger partial charge in [-0.15, -0.1) is 0 Å². The number of benzene rings is 2. The normalized spacial score (nSPS) is 15.7. The molecule has 0 spiro atoms. The van der Waals surface area contributed by atoms with Crippen LogP contribution in [0.2, 0.25) is 0 Å². The minimum absolute atomic E-state index is 0.0951. The van der Waals surface area contributed by atoms with E-state index >= 15 is 0 Å². The highest BCUT2D eigenvalue weighted by molar-refractivity contribution is 8.18. The molecule has 1 aliphatic heterocycles. The van der Waals surface area contributed by atoms with Crippen molar-refractivity contribution in [3.63, 3.8) is 0 Å². The number of carbonyl (C=O) groups excluding carboxylic acids is 2. The molecular weight excluding hydrogens is 365 g/mol. The lowest BCUT2D eigenvalue weighted by molar-refractivity contribution is -0.123. The number of amides is 2. The summed E-state index contributed by atoms with van der Waals surface area (Å²) < 4.78 is 19.6. The first-order valence-corrected chi connectivity index (χ1v) is 9.07. The predicted molar refractivity (Wildman–Crippen MR) is 102 cm³/mol. The molecule has 2 amide bonds. The fourth-order valence-electron chi connectivity index (χ4n) is 2.75. The maximum absolute atomic E-state index is 13.8. The van der Waals surface area contributed by atoms with E-state index < -0.39 is 17.0 Å². The molecule has 6 heteroatoms. The molecule has 2 heterocycles. The number of hydrogen-bond donors (Lipinski definition) is 0. The summed E-state index contributed by atoms with van der Waals surface area (Å²) in [5.41, 5.74) is 1.22. The van der Waals surface area contributed by atoms with Crippen LogP contribution in [-0.4, -0.2) is 16.0 Å². The van der Waals surface area contributed by atoms with Crippen LogP contribution < -0.4 is 0 Å². The summed E-state index contributed by atoms with van der Waals surface area (Å²) in [5.74, 6) is 0.252. The summed E-state index contributed by atoms with van der Waals surface area (Å²) in [4.78, 5) is 26.1. The molecule has 1 fully saturated rings. The Morgan fingerprint density at radius 3 is 2.48 bits per heavy atom. The number of rotatable bonds is 4. The second-order valence-corrected chi connectivity index (χ2v) is 6.92. The maximum atomic E-state index is 13.8. The average Bonchev–Trinajstić information content (AvgIpc) is 3.25. The zero-order valence-electron chi connectivity index (χ0n) is 14.1. The van der Waals surface area contributed by atoms with Crippen LogP contribution in [-0.2, 0) is 11.3 Å². The maximum Gasteiger partial charge on any atom is 0.293 e. The lowest BCUT2D eigenvalue weighted by atomic mass is 10.2. The monoisotopic (exact) mass is 379 g/mol. The fraction of sp³-hybridized carbons (Fsp3) is 0.0476. The molecule has 2 aromatic carbocycles. The highest BCUT2D eigenvalue weighted by Gasteiger charge is 2.35. The largest absolute Gasteiger partial charge is 0.457 e. The van der Waals surface area contributed by atoms with E-state index in [0.29, 0.717) is 17.1 Å². The molecule has 0 atom stereocenters. The first-order valence-electron chi connectivity index (χ1n) is 8.26. The van der Waals surface area contributed by atoms with Crippen LogP contribution in [0.1, 0.15) is 11.3 Å². The summed E-state index contributed by atoms with van der Waals surface area (Å²) in [6.45, 7) is -0.0951. The van der Waals surface area contributed by atoms with Crippen molar-refractivity contribution in [2.45, 2.75) is 6.54 Å². The van der Waals surface area contributed by atoms with Crippen LogP contribution >= 0.6 is 11.8 Å². The molecule has 27 heavy (non-hydrogen) atoms. The van der Waals surface area contributed by atoms with Crippen molar-refractivity contribution in [3.8, 4) is 11.3 Å². The highest BCUT2D eigenvalue weighted by atomic mass is 32.2. The predicted octanol–water partition coefficient (Wildman–Crippen LogP) is 5.32. The van der Waals surface area contributed by atoms with Gasteiger partial charge in [0.1, 0.15) is 17.3 Å². The Labute approximate surface area is 159 Å². The molecule has 0 bridgehead atoms. The van der Waals surface area contributed by atoms with Crippen molar-refractivity contribution >= 4 is 29.0 Å². The first-order chi connectivity index (χ1) is 13.1. The van der Waals surface area contributed by atoms with Gasteiger partial charge in [0.2, 0.25) is 0 Å². The van der Waals surface area contributed by atoms with Crippen LogP contribution in [0.25, 0.3) is 17.4 Å². The number of halogens is 1. The standard InChI is InChI=1S/C21H14FNO3S/c22-17-9-5-4-8-15(17)13-23-20(24)19(27-21(23)25)12-16-10-11-18(26-16)14-6-2-1-3-7-14/h1-12H,13H2/b19-12-. The molecular formula is C21H14FNO3S. The van der Waals surface area contributed by atoms with Crippen LogP contribution in [0.4, 0.5) is 9.18 Å². The Morgan fingerprint density at radius 1 is 0.963 bits per heavy atom. The minimum atomic E-state index is -0.453. The Kier molecular flexibility index (Phi) is 4.64. The molecule has 4 nitrogen and oxygen atoms in total. The summed E-state index contributed by atoms with van der Waals surface area (Å²) in [5, 5.41) is -0.427. The van der Waals surface area contributed by atoms with E-state index in [-0.39, 0.29) is 11.4 Å². The van der Waals surface area contributed by atoms with Gasteiger partial charge in [-0.3, -0.25) is 14.5 Å². The van der Waals surface area contributed by atoms with Gasteiger partial charge in [-0.1, -0.05) is 48.5 Å². The van der Waals surface area contributed by atoms with Gasteiger partial charge in [0, 0.05) is 17.2 Å². The zero-order chi connectivity index (χ0) is 18.8. The minimum Gasteiger partial charge on any atom is -0.457 e. The van der Waals surface area contributed by atoms with Crippen molar-refractivity contribution < 1.29 is 18.4 Å². The number of carbonyl (C=O) groups is 2. The molecule has 3 aromatic rings. The number of imide groups is 1. The quantitative estimate of drug-likeness (QED) is 0.576. The van der Waals surface area contributed by atoms with E-state index in [1.54, 1.807) is 30.3 Å². The van der Waals surface area contributed by atoms with Crippen molar-refractivity contribution in [3.05, 3.63) is 88.8 Å². The third-order valence-corrected chi connectivity index (χ3v) is 5.03. The van der Waals surface area contributed by atoms with E-state index in [2.05, 4.69) is 0 Å².